The number of aryl methyl sites for hydroxylation is 1. The molecule has 28 heavy (non-hydrogen) atoms. The fourth-order valence-electron chi connectivity index (χ4n) is 2.87. The SMILES string of the molecule is Cc1ccccc1-n1cc(/C=N\NC(=O)c2cccs2)c(-c2ccccc2)n1. The van der Waals surface area contributed by atoms with Crippen molar-refractivity contribution in [3.63, 3.8) is 0 Å². The number of nitrogens with zero attached hydrogens (tertiary/aromatic N) is 3. The van der Waals surface area contributed by atoms with Gasteiger partial charge in [-0.1, -0.05) is 54.6 Å². The van der Waals surface area contributed by atoms with Crippen molar-refractivity contribution in [2.24, 2.45) is 5.10 Å². The van der Waals surface area contributed by atoms with E-state index in [0.29, 0.717) is 4.88 Å². The number of amides is 1. The van der Waals surface area contributed by atoms with Crippen LogP contribution in [0.1, 0.15) is 20.8 Å². The van der Waals surface area contributed by atoms with Gasteiger partial charge in [-0.05, 0) is 30.0 Å². The summed E-state index contributed by atoms with van der Waals surface area (Å²) in [6.07, 6.45) is 3.56. The summed E-state index contributed by atoms with van der Waals surface area (Å²) >= 11 is 1.38. The highest BCUT2D eigenvalue weighted by Gasteiger charge is 2.12. The van der Waals surface area contributed by atoms with E-state index in [1.54, 1.807) is 12.3 Å². The van der Waals surface area contributed by atoms with E-state index in [2.05, 4.69) is 10.5 Å². The minimum atomic E-state index is -0.223. The largest absolute Gasteiger partial charge is 0.281 e. The van der Waals surface area contributed by atoms with E-state index in [9.17, 15) is 4.79 Å². The van der Waals surface area contributed by atoms with Crippen LogP contribution in [0.15, 0.2) is 83.4 Å². The quantitative estimate of drug-likeness (QED) is 0.400. The maximum atomic E-state index is 12.1. The third-order valence-electron chi connectivity index (χ3n) is 4.27. The Morgan fingerprint density at radius 2 is 1.86 bits per heavy atom. The Bertz CT molecular complexity index is 1110. The van der Waals surface area contributed by atoms with Crippen molar-refractivity contribution in [3.05, 3.63) is 94.3 Å². The van der Waals surface area contributed by atoms with E-state index in [1.165, 1.54) is 11.3 Å². The van der Waals surface area contributed by atoms with Gasteiger partial charge >= 0.3 is 0 Å². The van der Waals surface area contributed by atoms with Gasteiger partial charge in [0, 0.05) is 17.3 Å². The van der Waals surface area contributed by atoms with Crippen molar-refractivity contribution in [1.82, 2.24) is 15.2 Å². The number of para-hydroxylation sites is 1. The lowest BCUT2D eigenvalue weighted by Crippen LogP contribution is -2.16. The Morgan fingerprint density at radius 3 is 2.61 bits per heavy atom. The zero-order chi connectivity index (χ0) is 19.3. The van der Waals surface area contributed by atoms with Gasteiger partial charge in [-0.25, -0.2) is 10.1 Å². The molecule has 5 nitrogen and oxygen atoms in total. The van der Waals surface area contributed by atoms with Crippen LogP contribution >= 0.6 is 11.3 Å². The summed E-state index contributed by atoms with van der Waals surface area (Å²) in [5, 5.41) is 10.8. The lowest BCUT2D eigenvalue weighted by atomic mass is 10.1. The Balaban J connectivity index is 1.68. The molecule has 4 rings (SSSR count). The van der Waals surface area contributed by atoms with Gasteiger partial charge in [0.1, 0.15) is 5.69 Å². The second-order valence-corrected chi connectivity index (χ2v) is 7.15. The lowest BCUT2D eigenvalue weighted by molar-refractivity contribution is 0.0959. The fraction of sp³-hybridized carbons (Fsp3) is 0.0455. The van der Waals surface area contributed by atoms with Crippen LogP contribution in [-0.2, 0) is 0 Å². The first-order chi connectivity index (χ1) is 13.7. The van der Waals surface area contributed by atoms with Crippen LogP contribution in [0, 0.1) is 6.92 Å². The van der Waals surface area contributed by atoms with Crippen LogP contribution < -0.4 is 5.43 Å². The molecule has 138 valence electrons. The Kier molecular flexibility index (Phi) is 5.12. The van der Waals surface area contributed by atoms with E-state index in [-0.39, 0.29) is 5.91 Å². The fourth-order valence-corrected chi connectivity index (χ4v) is 3.48. The molecule has 0 radical (unpaired) electrons. The maximum Gasteiger partial charge on any atom is 0.281 e. The molecule has 0 aliphatic carbocycles. The smallest absolute Gasteiger partial charge is 0.266 e. The average Bonchev–Trinajstić information content (AvgIpc) is 3.39. The lowest BCUT2D eigenvalue weighted by Gasteiger charge is -2.04. The number of nitrogens with one attached hydrogen (secondary N) is 1. The van der Waals surface area contributed by atoms with Crippen molar-refractivity contribution in [2.75, 3.05) is 0 Å². The van der Waals surface area contributed by atoms with Crippen LogP contribution in [0.3, 0.4) is 0 Å². The maximum absolute atomic E-state index is 12.1. The van der Waals surface area contributed by atoms with E-state index >= 15 is 0 Å². The van der Waals surface area contributed by atoms with Gasteiger partial charge in [-0.3, -0.25) is 4.79 Å². The van der Waals surface area contributed by atoms with Gasteiger partial charge in [-0.15, -0.1) is 11.3 Å². The molecule has 0 saturated heterocycles. The first-order valence-corrected chi connectivity index (χ1v) is 9.68. The second-order valence-electron chi connectivity index (χ2n) is 6.21. The van der Waals surface area contributed by atoms with Gasteiger partial charge < -0.3 is 0 Å². The molecular weight excluding hydrogens is 368 g/mol. The Labute approximate surface area is 167 Å². The molecule has 1 N–H and O–H groups in total. The van der Waals surface area contributed by atoms with Gasteiger partial charge in [0.05, 0.1) is 16.8 Å². The van der Waals surface area contributed by atoms with Gasteiger partial charge in [-0.2, -0.15) is 10.2 Å². The summed E-state index contributed by atoms with van der Waals surface area (Å²) in [5.74, 6) is -0.223. The normalized spacial score (nSPS) is 11.0. The van der Waals surface area contributed by atoms with Crippen LogP contribution in [0.4, 0.5) is 0 Å². The molecule has 0 atom stereocenters. The van der Waals surface area contributed by atoms with Crippen molar-refractivity contribution >= 4 is 23.5 Å². The molecule has 0 bridgehead atoms. The molecule has 1 amide bonds. The monoisotopic (exact) mass is 386 g/mol. The molecule has 0 aliphatic heterocycles. The number of hydrogen-bond acceptors (Lipinski definition) is 4. The highest BCUT2D eigenvalue weighted by Crippen LogP contribution is 2.23. The Hall–Kier alpha value is -3.51. The summed E-state index contributed by atoms with van der Waals surface area (Å²) < 4.78 is 1.85. The molecule has 0 aliphatic rings. The molecule has 2 aromatic carbocycles. The van der Waals surface area contributed by atoms with Crippen molar-refractivity contribution in [3.8, 4) is 16.9 Å². The number of rotatable bonds is 5. The van der Waals surface area contributed by atoms with E-state index in [1.807, 2.05) is 83.8 Å². The highest BCUT2D eigenvalue weighted by atomic mass is 32.1. The van der Waals surface area contributed by atoms with Crippen LogP contribution in [0.5, 0.6) is 0 Å². The van der Waals surface area contributed by atoms with Crippen LogP contribution in [-0.4, -0.2) is 21.9 Å². The van der Waals surface area contributed by atoms with Gasteiger partial charge in [0.15, 0.2) is 0 Å². The molecule has 6 heteroatoms. The summed E-state index contributed by atoms with van der Waals surface area (Å²) in [4.78, 5) is 12.7. The first kappa shape index (κ1) is 17.9. The summed E-state index contributed by atoms with van der Waals surface area (Å²) in [5.41, 5.74) is 7.31. The Morgan fingerprint density at radius 1 is 1.07 bits per heavy atom. The number of thiophene rings is 1. The van der Waals surface area contributed by atoms with E-state index < -0.39 is 0 Å². The number of hydrazone groups is 1. The predicted molar refractivity (Wildman–Crippen MR) is 113 cm³/mol. The summed E-state index contributed by atoms with van der Waals surface area (Å²) in [6, 6.07) is 21.6. The number of carbonyl (C=O) groups excluding carboxylic acids is 1. The van der Waals surface area contributed by atoms with E-state index in [4.69, 9.17) is 5.10 Å². The minimum Gasteiger partial charge on any atom is -0.266 e. The van der Waals surface area contributed by atoms with Gasteiger partial charge in [0.2, 0.25) is 0 Å². The third kappa shape index (κ3) is 3.77. The summed E-state index contributed by atoms with van der Waals surface area (Å²) in [6.45, 7) is 2.05. The second kappa shape index (κ2) is 8.02. The molecular formula is C22H18N4OS. The standard InChI is InChI=1S/C22H18N4OS/c1-16-8-5-6-11-19(16)26-15-18(21(25-26)17-9-3-2-4-10-17)14-23-24-22(27)20-12-7-13-28-20/h2-15H,1H3,(H,24,27)/b23-14-. The molecule has 0 unspecified atom stereocenters. The number of hydrogen-bond donors (Lipinski definition) is 1. The molecule has 4 aromatic rings. The number of carbonyl (C=O) groups is 1. The molecule has 2 aromatic heterocycles. The van der Waals surface area contributed by atoms with E-state index in [0.717, 1.165) is 28.1 Å². The van der Waals surface area contributed by atoms with Crippen LogP contribution in [0.25, 0.3) is 16.9 Å². The van der Waals surface area contributed by atoms with Gasteiger partial charge in [0.25, 0.3) is 5.91 Å². The number of benzene rings is 2. The van der Waals surface area contributed by atoms with Crippen molar-refractivity contribution in [1.29, 1.82) is 0 Å². The summed E-state index contributed by atoms with van der Waals surface area (Å²) in [7, 11) is 0. The predicted octanol–water partition coefficient (Wildman–Crippen LogP) is 4.67. The van der Waals surface area contributed by atoms with Crippen molar-refractivity contribution in [2.45, 2.75) is 6.92 Å². The zero-order valence-corrected chi connectivity index (χ0v) is 16.1. The van der Waals surface area contributed by atoms with Crippen LogP contribution in [0.2, 0.25) is 0 Å². The average molecular weight is 386 g/mol. The zero-order valence-electron chi connectivity index (χ0n) is 15.2. The first-order valence-electron chi connectivity index (χ1n) is 8.80. The molecule has 0 saturated carbocycles. The number of aromatic nitrogens is 2. The molecule has 0 spiro atoms. The molecule has 0 fully saturated rings. The third-order valence-corrected chi connectivity index (χ3v) is 5.14. The molecule has 2 heterocycles. The highest BCUT2D eigenvalue weighted by molar-refractivity contribution is 7.12. The van der Waals surface area contributed by atoms with Crippen molar-refractivity contribution < 1.29 is 4.79 Å². The topological polar surface area (TPSA) is 59.3 Å². The minimum absolute atomic E-state index is 0.223.